The number of phosphoric ester groups is 1. The number of hydrogen-bond donors (Lipinski definition) is 0. The first-order chi connectivity index (χ1) is 27.1. The smallest absolute Gasteiger partial charge is 0.306 e. The molecule has 0 aromatic heterocycles. The van der Waals surface area contributed by atoms with E-state index in [9.17, 15) is 14.3 Å². The summed E-state index contributed by atoms with van der Waals surface area (Å²) in [7, 11) is 1.31. The highest BCUT2D eigenvalue weighted by atomic mass is 31.2. The molecule has 0 saturated heterocycles. The van der Waals surface area contributed by atoms with Gasteiger partial charge in [-0.1, -0.05) is 144 Å². The Balaban J connectivity index is 4.33. The lowest BCUT2D eigenvalue weighted by atomic mass is 10.1. The Morgan fingerprint density at radius 1 is 0.571 bits per heavy atom. The Morgan fingerprint density at radius 3 is 1.55 bits per heavy atom. The van der Waals surface area contributed by atoms with E-state index in [-0.39, 0.29) is 32.2 Å². The van der Waals surface area contributed by atoms with E-state index in [1.54, 1.807) is 0 Å². The van der Waals surface area contributed by atoms with Crippen molar-refractivity contribution in [2.75, 3.05) is 54.1 Å². The minimum absolute atomic E-state index is 0.0130. The van der Waals surface area contributed by atoms with Crippen LogP contribution in [-0.2, 0) is 27.9 Å². The summed E-state index contributed by atoms with van der Waals surface area (Å²) in [6.07, 6.45) is 51.7. The van der Waals surface area contributed by atoms with Gasteiger partial charge in [0.1, 0.15) is 19.3 Å². The normalized spacial score (nSPS) is 14.6. The SMILES string of the molecule is CC/C=C\C/C=C\C/C=C\C/C=C\C/C=C\CCCCCCOCC(COP(=O)([O-])OCC[N+](C)(C)C)OC(=O)CCCCCCC/C=C\C/C=C\CCCC. The number of nitrogens with zero attached hydrogens (tertiary/aromatic N) is 1. The zero-order valence-corrected chi connectivity index (χ0v) is 37.2. The van der Waals surface area contributed by atoms with Crippen molar-refractivity contribution in [3.05, 3.63) is 85.1 Å². The summed E-state index contributed by atoms with van der Waals surface area (Å²) in [5.41, 5.74) is 0. The van der Waals surface area contributed by atoms with Crippen molar-refractivity contribution in [1.29, 1.82) is 0 Å². The molecule has 0 bridgehead atoms. The summed E-state index contributed by atoms with van der Waals surface area (Å²) in [6, 6.07) is 0. The van der Waals surface area contributed by atoms with Gasteiger partial charge < -0.3 is 27.9 Å². The number of rotatable bonds is 39. The largest absolute Gasteiger partial charge is 0.756 e. The van der Waals surface area contributed by atoms with Crippen LogP contribution in [0.25, 0.3) is 0 Å². The molecule has 322 valence electrons. The van der Waals surface area contributed by atoms with Crippen molar-refractivity contribution in [2.45, 2.75) is 155 Å². The van der Waals surface area contributed by atoms with Gasteiger partial charge in [0.25, 0.3) is 7.82 Å². The molecule has 0 radical (unpaired) electrons. The lowest BCUT2D eigenvalue weighted by Crippen LogP contribution is -2.37. The summed E-state index contributed by atoms with van der Waals surface area (Å²) in [6.45, 7) is 5.14. The Hall–Kier alpha value is -2.32. The van der Waals surface area contributed by atoms with Gasteiger partial charge in [-0.15, -0.1) is 0 Å². The number of carbonyl (C=O) groups is 1. The van der Waals surface area contributed by atoms with E-state index < -0.39 is 13.9 Å². The van der Waals surface area contributed by atoms with Gasteiger partial charge in [0.2, 0.25) is 0 Å². The minimum atomic E-state index is -4.54. The van der Waals surface area contributed by atoms with E-state index in [0.29, 0.717) is 17.6 Å². The van der Waals surface area contributed by atoms with E-state index in [2.05, 4.69) is 98.9 Å². The van der Waals surface area contributed by atoms with Gasteiger partial charge in [0, 0.05) is 13.0 Å². The highest BCUT2D eigenvalue weighted by Crippen LogP contribution is 2.38. The molecule has 0 saturated carbocycles. The zero-order chi connectivity index (χ0) is 41.3. The van der Waals surface area contributed by atoms with E-state index in [4.69, 9.17) is 18.5 Å². The van der Waals surface area contributed by atoms with E-state index in [1.165, 1.54) is 19.3 Å². The van der Waals surface area contributed by atoms with Crippen LogP contribution in [0.1, 0.15) is 149 Å². The van der Waals surface area contributed by atoms with Crippen molar-refractivity contribution in [1.82, 2.24) is 0 Å². The second-order valence-corrected chi connectivity index (χ2v) is 16.7. The summed E-state index contributed by atoms with van der Waals surface area (Å²) in [4.78, 5) is 25.0. The van der Waals surface area contributed by atoms with Gasteiger partial charge in [-0.2, -0.15) is 0 Å². The minimum Gasteiger partial charge on any atom is -0.756 e. The molecule has 56 heavy (non-hydrogen) atoms. The van der Waals surface area contributed by atoms with Crippen molar-refractivity contribution in [3.8, 4) is 0 Å². The molecule has 0 rings (SSSR count). The third-order valence-corrected chi connectivity index (χ3v) is 9.64. The summed E-state index contributed by atoms with van der Waals surface area (Å²) >= 11 is 0. The fraction of sp³-hybridized carbons (Fsp3) is 0.681. The van der Waals surface area contributed by atoms with Crippen LogP contribution in [0.3, 0.4) is 0 Å². The second kappa shape index (κ2) is 39.5. The predicted molar refractivity (Wildman–Crippen MR) is 235 cm³/mol. The van der Waals surface area contributed by atoms with Crippen LogP contribution in [0.4, 0.5) is 0 Å². The molecule has 9 heteroatoms. The van der Waals surface area contributed by atoms with Crippen LogP contribution in [-0.4, -0.2) is 70.7 Å². The number of quaternary nitrogens is 1. The number of allylic oxidation sites excluding steroid dienone is 14. The molecule has 0 fully saturated rings. The lowest BCUT2D eigenvalue weighted by molar-refractivity contribution is -0.870. The van der Waals surface area contributed by atoms with Crippen molar-refractivity contribution in [3.63, 3.8) is 0 Å². The van der Waals surface area contributed by atoms with Crippen molar-refractivity contribution < 1.29 is 37.3 Å². The van der Waals surface area contributed by atoms with Crippen LogP contribution in [0.2, 0.25) is 0 Å². The monoisotopic (exact) mass is 804 g/mol. The molecule has 2 atom stereocenters. The fourth-order valence-corrected chi connectivity index (χ4v) is 6.02. The molecule has 0 aliphatic rings. The third-order valence-electron chi connectivity index (χ3n) is 8.68. The van der Waals surface area contributed by atoms with Gasteiger partial charge in [-0.3, -0.25) is 9.36 Å². The maximum atomic E-state index is 12.7. The molecule has 0 aliphatic heterocycles. The van der Waals surface area contributed by atoms with Crippen LogP contribution >= 0.6 is 7.82 Å². The first-order valence-corrected chi connectivity index (χ1v) is 23.3. The molecule has 8 nitrogen and oxygen atoms in total. The number of esters is 1. The van der Waals surface area contributed by atoms with Crippen molar-refractivity contribution >= 4 is 13.8 Å². The first kappa shape index (κ1) is 53.7. The third kappa shape index (κ3) is 42.8. The predicted octanol–water partition coefficient (Wildman–Crippen LogP) is 12.2. The lowest BCUT2D eigenvalue weighted by Gasteiger charge is -2.28. The quantitative estimate of drug-likeness (QED) is 0.0201. The van der Waals surface area contributed by atoms with Crippen LogP contribution in [0.5, 0.6) is 0 Å². The number of ether oxygens (including phenoxy) is 2. The molecule has 0 spiro atoms. The van der Waals surface area contributed by atoms with Gasteiger partial charge in [-0.05, 0) is 83.5 Å². The topological polar surface area (TPSA) is 94.1 Å². The maximum Gasteiger partial charge on any atom is 0.306 e. The molecular formula is C47H82NO7P. The molecule has 0 amide bonds. The fourth-order valence-electron chi connectivity index (χ4n) is 5.29. The average Bonchev–Trinajstić information content (AvgIpc) is 3.15. The number of carbonyl (C=O) groups excluding carboxylic acids is 1. The van der Waals surface area contributed by atoms with E-state index in [1.807, 2.05) is 21.1 Å². The number of phosphoric acid groups is 1. The van der Waals surface area contributed by atoms with Crippen LogP contribution in [0.15, 0.2) is 85.1 Å². The van der Waals surface area contributed by atoms with Gasteiger partial charge in [0.15, 0.2) is 0 Å². The Labute approximate surface area is 344 Å². The summed E-state index contributed by atoms with van der Waals surface area (Å²) in [5.74, 6) is -0.362. The van der Waals surface area contributed by atoms with Crippen molar-refractivity contribution in [2.24, 2.45) is 0 Å². The molecular weight excluding hydrogens is 721 g/mol. The van der Waals surface area contributed by atoms with Gasteiger partial charge >= 0.3 is 5.97 Å². The molecule has 0 aliphatic carbocycles. The number of likely N-dealkylation sites (N-methyl/N-ethyl adjacent to an activating group) is 1. The number of hydrogen-bond acceptors (Lipinski definition) is 7. The van der Waals surface area contributed by atoms with Gasteiger partial charge in [-0.25, -0.2) is 0 Å². The zero-order valence-electron chi connectivity index (χ0n) is 36.3. The van der Waals surface area contributed by atoms with E-state index in [0.717, 1.165) is 109 Å². The second-order valence-electron chi connectivity index (χ2n) is 15.3. The molecule has 0 aromatic carbocycles. The summed E-state index contributed by atoms with van der Waals surface area (Å²) < 4.78 is 34.5. The number of unbranched alkanes of at least 4 members (excludes halogenated alkanes) is 11. The highest BCUT2D eigenvalue weighted by Gasteiger charge is 2.20. The Kier molecular flexibility index (Phi) is 37.9. The van der Waals surface area contributed by atoms with E-state index >= 15 is 0 Å². The molecule has 0 heterocycles. The molecule has 0 aromatic rings. The maximum absolute atomic E-state index is 12.7. The molecule has 0 N–H and O–H groups in total. The van der Waals surface area contributed by atoms with Crippen LogP contribution in [0, 0.1) is 0 Å². The highest BCUT2D eigenvalue weighted by molar-refractivity contribution is 7.45. The Bertz CT molecular complexity index is 1170. The first-order valence-electron chi connectivity index (χ1n) is 21.8. The average molecular weight is 804 g/mol. The van der Waals surface area contributed by atoms with Crippen LogP contribution < -0.4 is 4.89 Å². The standard InChI is InChI=1S/C47H82NO7P/c1-6-8-10-12-14-16-18-20-22-23-24-25-26-27-29-31-33-35-37-39-42-52-44-46(45-54-56(50,51)53-43-41-48(3,4)5)55-47(49)40-38-36-34-32-30-28-21-19-17-15-13-11-9-7-2/h8,10,13-16,19-22,24-25,27,29,46H,6-7,9,11-12,17-18,23,26,28,30-45H2,1-5H3/b10-8-,15-13-,16-14-,21-19-,22-20-,25-24-,29-27-. The molecule has 2 unspecified atom stereocenters. The summed E-state index contributed by atoms with van der Waals surface area (Å²) in [5, 5.41) is 0. The Morgan fingerprint density at radius 2 is 1.04 bits per heavy atom. The van der Waals surface area contributed by atoms with Gasteiger partial charge in [0.05, 0.1) is 34.4 Å².